The summed E-state index contributed by atoms with van der Waals surface area (Å²) in [5, 5.41) is 9.97. The number of rotatable bonds is 2. The van der Waals surface area contributed by atoms with Gasteiger partial charge in [0, 0.05) is 11.8 Å². The average Bonchev–Trinajstić information content (AvgIpc) is 2.73. The number of para-hydroxylation sites is 1. The van der Waals surface area contributed by atoms with Crippen LogP contribution in [-0.4, -0.2) is 17.4 Å². The summed E-state index contributed by atoms with van der Waals surface area (Å²) in [6.45, 7) is 1.93. The molecule has 3 fully saturated rings. The summed E-state index contributed by atoms with van der Waals surface area (Å²) in [4.78, 5) is 4.75. The molecule has 0 aliphatic heterocycles. The van der Waals surface area contributed by atoms with Gasteiger partial charge in [0.15, 0.2) is 0 Å². The van der Waals surface area contributed by atoms with Crippen LogP contribution in [0.1, 0.15) is 43.2 Å². The molecule has 2 bridgehead atoms. The topological polar surface area (TPSA) is 32.6 Å². The van der Waals surface area contributed by atoms with Crippen molar-refractivity contribution in [1.82, 2.24) is 0 Å². The van der Waals surface area contributed by atoms with Gasteiger partial charge in [-0.1, -0.05) is 25.0 Å². The van der Waals surface area contributed by atoms with E-state index in [1.807, 2.05) is 31.3 Å². The van der Waals surface area contributed by atoms with Gasteiger partial charge in [-0.25, -0.2) is 0 Å². The van der Waals surface area contributed by atoms with Crippen molar-refractivity contribution >= 4 is 23.2 Å². The molecular weight excluding hydrogens is 384 g/mol. The fourth-order valence-corrected chi connectivity index (χ4v) is 3.35. The third-order valence-corrected chi connectivity index (χ3v) is 4.60. The Hall–Kier alpha value is 0.153. The van der Waals surface area contributed by atoms with Crippen LogP contribution >= 0.6 is 17.0 Å². The summed E-state index contributed by atoms with van der Waals surface area (Å²) in [5.41, 5.74) is 1.78. The van der Waals surface area contributed by atoms with Crippen LogP contribution in [-0.2, 0) is 20.8 Å². The number of aryl methyl sites for hydroxylation is 1. The zero-order valence-corrected chi connectivity index (χ0v) is 16.2. The maximum absolute atomic E-state index is 9.97. The van der Waals surface area contributed by atoms with Crippen molar-refractivity contribution in [2.24, 2.45) is 16.8 Å². The first-order valence-corrected chi connectivity index (χ1v) is 13.8. The van der Waals surface area contributed by atoms with Crippen LogP contribution in [0.4, 0.5) is 0 Å². The predicted octanol–water partition coefficient (Wildman–Crippen LogP) is 5.07. The van der Waals surface area contributed by atoms with E-state index in [9.17, 15) is 5.11 Å². The van der Waals surface area contributed by atoms with Gasteiger partial charge in [-0.05, 0) is 49.7 Å². The molecule has 2 nitrogen and oxygen atoms in total. The molecule has 3 aliphatic rings. The van der Waals surface area contributed by atoms with Crippen LogP contribution in [0, 0.1) is 18.8 Å². The molecule has 4 rings (SSSR count). The summed E-state index contributed by atoms with van der Waals surface area (Å²) in [6.07, 6.45) is 8.58. The van der Waals surface area contributed by atoms with E-state index in [1.165, 1.54) is 32.1 Å². The number of hydrogen-bond donors (Lipinski definition) is 1. The number of nitrogens with zero attached hydrogens (tertiary/aromatic N) is 1. The Balaban J connectivity index is 0.000000497. The van der Waals surface area contributed by atoms with Crippen LogP contribution in [0.3, 0.4) is 0 Å². The predicted molar refractivity (Wildman–Crippen MR) is 86.0 cm³/mol. The van der Waals surface area contributed by atoms with Crippen LogP contribution in [0.5, 0.6) is 5.75 Å². The number of aromatic hydroxyl groups is 1. The van der Waals surface area contributed by atoms with E-state index in [4.69, 9.17) is 22.0 Å². The molecule has 114 valence electrons. The number of phenols is 1. The molecule has 1 N–H and O–H groups in total. The Morgan fingerprint density at radius 1 is 1.29 bits per heavy atom. The van der Waals surface area contributed by atoms with Crippen molar-refractivity contribution in [2.75, 3.05) is 0 Å². The summed E-state index contributed by atoms with van der Waals surface area (Å²) in [6, 6.07) is 6.33. The molecule has 3 saturated carbocycles. The van der Waals surface area contributed by atoms with Crippen molar-refractivity contribution < 1.29 is 26.0 Å². The normalized spacial score (nSPS) is 27.3. The SMILES string of the molecule is Cc1cccc(C=NC2CCCC3CC2C3)c1O.[Cl][Zr][Cl]. The Bertz CT molecular complexity index is 489. The molecule has 1 aromatic rings. The van der Waals surface area contributed by atoms with Gasteiger partial charge in [0.2, 0.25) is 0 Å². The zero-order chi connectivity index (χ0) is 15.2. The van der Waals surface area contributed by atoms with E-state index in [0.29, 0.717) is 11.8 Å². The number of halogens is 2. The zero-order valence-electron chi connectivity index (χ0n) is 12.2. The van der Waals surface area contributed by atoms with E-state index >= 15 is 0 Å². The van der Waals surface area contributed by atoms with E-state index in [2.05, 4.69) is 0 Å². The number of fused-ring (bicyclic) bond motifs is 3. The Kier molecular flexibility index (Phi) is 7.25. The van der Waals surface area contributed by atoms with Crippen LogP contribution in [0.15, 0.2) is 23.2 Å². The third-order valence-electron chi connectivity index (χ3n) is 4.60. The van der Waals surface area contributed by atoms with Crippen molar-refractivity contribution in [3.63, 3.8) is 0 Å². The van der Waals surface area contributed by atoms with Gasteiger partial charge in [-0.3, -0.25) is 4.99 Å². The van der Waals surface area contributed by atoms with Gasteiger partial charge >= 0.3 is 37.9 Å². The summed E-state index contributed by atoms with van der Waals surface area (Å²) < 4.78 is 0. The van der Waals surface area contributed by atoms with E-state index < -0.39 is 20.8 Å². The minimum absolute atomic E-state index is 0.376. The van der Waals surface area contributed by atoms with Crippen molar-refractivity contribution in [3.05, 3.63) is 29.3 Å². The van der Waals surface area contributed by atoms with Gasteiger partial charge in [0.1, 0.15) is 5.75 Å². The molecule has 0 radical (unpaired) electrons. The first-order valence-electron chi connectivity index (χ1n) is 7.43. The number of hydrogen-bond acceptors (Lipinski definition) is 2. The van der Waals surface area contributed by atoms with Gasteiger partial charge in [0.25, 0.3) is 0 Å². The number of benzene rings is 1. The van der Waals surface area contributed by atoms with Gasteiger partial charge in [-0.2, -0.15) is 0 Å². The monoisotopic (exact) mass is 403 g/mol. The first-order chi connectivity index (χ1) is 10.2. The second-order valence-corrected chi connectivity index (χ2v) is 9.69. The van der Waals surface area contributed by atoms with E-state index in [-0.39, 0.29) is 0 Å². The standard InChI is InChI=1S/C16H21NO.2ClH.Zr/c1-11-4-2-6-13(16(11)18)10-17-15-7-3-5-12-8-14(15)9-12;;;/h2,4,6,10,12,14-15,18H,3,5,7-9H2,1H3;2*1H;/q;;;+2/p-2. The van der Waals surface area contributed by atoms with Crippen LogP contribution in [0.2, 0.25) is 0 Å². The fourth-order valence-electron chi connectivity index (χ4n) is 3.35. The second-order valence-electron chi connectivity index (χ2n) is 5.96. The molecule has 0 aromatic heterocycles. The maximum atomic E-state index is 9.97. The van der Waals surface area contributed by atoms with Gasteiger partial charge < -0.3 is 5.11 Å². The molecule has 0 heterocycles. The molecule has 1 aromatic carbocycles. The molecule has 1 unspecified atom stereocenters. The quantitative estimate of drug-likeness (QED) is 0.684. The number of phenolic OH excluding ortho intramolecular Hbond substituents is 1. The molecular formula is C16H21Cl2NOZr. The van der Waals surface area contributed by atoms with Crippen molar-refractivity contribution in [1.29, 1.82) is 0 Å². The molecule has 0 spiro atoms. The Morgan fingerprint density at radius 2 is 2.00 bits per heavy atom. The molecule has 3 aliphatic carbocycles. The molecule has 5 heteroatoms. The van der Waals surface area contributed by atoms with Crippen molar-refractivity contribution in [3.8, 4) is 5.75 Å². The van der Waals surface area contributed by atoms with E-state index in [0.717, 1.165) is 23.0 Å². The van der Waals surface area contributed by atoms with Crippen LogP contribution in [0.25, 0.3) is 0 Å². The van der Waals surface area contributed by atoms with Crippen LogP contribution < -0.4 is 0 Å². The number of aliphatic imine (C=N–C) groups is 1. The van der Waals surface area contributed by atoms with E-state index in [1.54, 1.807) is 0 Å². The van der Waals surface area contributed by atoms with Gasteiger partial charge in [-0.15, -0.1) is 0 Å². The summed E-state index contributed by atoms with van der Waals surface area (Å²) >= 11 is -0.826. The Labute approximate surface area is 145 Å². The molecule has 0 amide bonds. The third kappa shape index (κ3) is 4.81. The molecule has 1 atom stereocenters. The first kappa shape index (κ1) is 17.5. The average molecular weight is 405 g/mol. The summed E-state index contributed by atoms with van der Waals surface area (Å²) in [7, 11) is 9.87. The van der Waals surface area contributed by atoms with Gasteiger partial charge in [0.05, 0.1) is 6.04 Å². The fraction of sp³-hybridized carbons (Fsp3) is 0.562. The Morgan fingerprint density at radius 3 is 2.71 bits per heavy atom. The summed E-state index contributed by atoms with van der Waals surface area (Å²) in [5.74, 6) is 2.17. The molecule has 0 saturated heterocycles. The second kappa shape index (κ2) is 8.70. The van der Waals surface area contributed by atoms with Crippen molar-refractivity contribution in [2.45, 2.75) is 45.1 Å². The molecule has 21 heavy (non-hydrogen) atoms. The minimum atomic E-state index is -0.826.